The van der Waals surface area contributed by atoms with Crippen molar-refractivity contribution in [3.8, 4) is 0 Å². The van der Waals surface area contributed by atoms with Gasteiger partial charge in [0.2, 0.25) is 0 Å². The fourth-order valence-corrected chi connectivity index (χ4v) is 2.43. The van der Waals surface area contributed by atoms with Gasteiger partial charge in [-0.3, -0.25) is 0 Å². The Morgan fingerprint density at radius 2 is 2.56 bits per heavy atom. The average molecular weight is 153 g/mol. The molecule has 0 unspecified atom stereocenters. The molecule has 0 fully saturated rings. The summed E-state index contributed by atoms with van der Waals surface area (Å²) in [6, 6.07) is 2.05. The summed E-state index contributed by atoms with van der Waals surface area (Å²) in [6.07, 6.45) is 2.24. The molecular weight excluding hydrogens is 148 g/mol. The van der Waals surface area contributed by atoms with Gasteiger partial charge in [-0.1, -0.05) is 6.08 Å². The predicted octanol–water partition coefficient (Wildman–Crippen LogP) is 0.814. The maximum Gasteiger partial charge on any atom is 0.0455 e. The van der Waals surface area contributed by atoms with Crippen LogP contribution >= 0.6 is 23.1 Å². The zero-order valence-corrected chi connectivity index (χ0v) is 6.39. The normalized spacial score (nSPS) is 15.6. The van der Waals surface area contributed by atoms with E-state index in [2.05, 4.69) is 22.9 Å². The van der Waals surface area contributed by atoms with Crippen molar-refractivity contribution < 1.29 is 0 Å². The third-order valence-corrected chi connectivity index (χ3v) is 2.98. The molecule has 0 saturated carbocycles. The molecule has 1 aliphatic heterocycles. The summed E-state index contributed by atoms with van der Waals surface area (Å²) in [5.41, 5.74) is 0. The summed E-state index contributed by atoms with van der Waals surface area (Å²) in [7, 11) is 0. The van der Waals surface area contributed by atoms with E-state index in [0.717, 1.165) is 5.75 Å². The molecule has 2 rings (SSSR count). The van der Waals surface area contributed by atoms with Crippen molar-refractivity contribution in [1.29, 1.82) is 0 Å². The van der Waals surface area contributed by atoms with Crippen LogP contribution in [-0.2, 0) is 0 Å². The minimum Gasteiger partial charge on any atom is -0.134 e. The van der Waals surface area contributed by atoms with Crippen LogP contribution in [0.4, 0.5) is 0 Å². The van der Waals surface area contributed by atoms with Gasteiger partial charge in [0.25, 0.3) is 0 Å². The molecule has 0 N–H and O–H groups in total. The predicted molar refractivity (Wildman–Crippen MR) is 43.8 cm³/mol. The molecule has 45 valence electrons. The van der Waals surface area contributed by atoms with E-state index in [9.17, 15) is 0 Å². The van der Waals surface area contributed by atoms with E-state index in [4.69, 9.17) is 0 Å². The molecule has 1 radical (unpaired) electrons. The van der Waals surface area contributed by atoms with Crippen molar-refractivity contribution >= 4 is 34.6 Å². The molecule has 2 heterocycles. The van der Waals surface area contributed by atoms with Crippen LogP contribution in [0.2, 0.25) is 0 Å². The van der Waals surface area contributed by atoms with E-state index < -0.39 is 0 Å². The van der Waals surface area contributed by atoms with Crippen LogP contribution in [0, 0.1) is 5.38 Å². The second kappa shape index (κ2) is 2.20. The van der Waals surface area contributed by atoms with E-state index in [1.54, 1.807) is 11.3 Å². The van der Waals surface area contributed by atoms with E-state index in [1.165, 1.54) is 9.75 Å². The minimum atomic E-state index is 1.12. The summed E-state index contributed by atoms with van der Waals surface area (Å²) in [5.74, 6) is 1.12. The SMILES string of the molecule is [c]1cc2c(s1)=CSCC=2. The maximum absolute atomic E-state index is 3.11. The lowest BCUT2D eigenvalue weighted by molar-refractivity contribution is 1.68. The van der Waals surface area contributed by atoms with Crippen molar-refractivity contribution in [3.05, 3.63) is 21.2 Å². The number of hydrogen-bond donors (Lipinski definition) is 0. The standard InChI is InChI=1S/C7H5S2/c1-3-8-5-7-6(1)2-4-9-7/h1-2,5H,3H2. The van der Waals surface area contributed by atoms with Crippen molar-refractivity contribution in [2.45, 2.75) is 0 Å². The molecule has 1 aromatic heterocycles. The highest BCUT2D eigenvalue weighted by Gasteiger charge is 1.91. The highest BCUT2D eigenvalue weighted by molar-refractivity contribution is 8.07. The summed E-state index contributed by atoms with van der Waals surface area (Å²) in [5, 5.41) is 6.67. The first-order chi connectivity index (χ1) is 4.47. The lowest BCUT2D eigenvalue weighted by Crippen LogP contribution is -2.19. The molecule has 0 spiro atoms. The van der Waals surface area contributed by atoms with Crippen LogP contribution in [-0.4, -0.2) is 5.75 Å². The zero-order valence-electron chi connectivity index (χ0n) is 4.76. The molecular formula is C7H5S2. The van der Waals surface area contributed by atoms with Gasteiger partial charge in [0, 0.05) is 15.7 Å². The van der Waals surface area contributed by atoms with Gasteiger partial charge in [0.15, 0.2) is 0 Å². The Hall–Kier alpha value is -0.210. The minimum absolute atomic E-state index is 1.12. The van der Waals surface area contributed by atoms with Crippen LogP contribution in [0.3, 0.4) is 0 Å². The largest absolute Gasteiger partial charge is 0.134 e. The van der Waals surface area contributed by atoms with Crippen LogP contribution in [0.1, 0.15) is 0 Å². The van der Waals surface area contributed by atoms with Gasteiger partial charge in [-0.05, 0) is 16.7 Å². The highest BCUT2D eigenvalue weighted by Crippen LogP contribution is 2.03. The quantitative estimate of drug-likeness (QED) is 0.531. The number of hydrogen-bond acceptors (Lipinski definition) is 2. The van der Waals surface area contributed by atoms with Crippen LogP contribution in [0.15, 0.2) is 6.07 Å². The summed E-state index contributed by atoms with van der Waals surface area (Å²) >= 11 is 3.54. The molecule has 1 aliphatic rings. The van der Waals surface area contributed by atoms with Crippen molar-refractivity contribution in [1.82, 2.24) is 0 Å². The molecule has 0 aliphatic carbocycles. The highest BCUT2D eigenvalue weighted by atomic mass is 32.2. The van der Waals surface area contributed by atoms with Gasteiger partial charge in [-0.25, -0.2) is 0 Å². The number of rotatable bonds is 0. The molecule has 1 aromatic rings. The molecule has 0 amide bonds. The second-order valence-corrected chi connectivity index (χ2v) is 3.62. The van der Waals surface area contributed by atoms with E-state index in [0.29, 0.717) is 0 Å². The first-order valence-electron chi connectivity index (χ1n) is 2.75. The summed E-state index contributed by atoms with van der Waals surface area (Å²) in [6.45, 7) is 0. The van der Waals surface area contributed by atoms with E-state index in [-0.39, 0.29) is 0 Å². The molecule has 2 heteroatoms. The molecule has 0 aromatic carbocycles. The van der Waals surface area contributed by atoms with Gasteiger partial charge in [0.1, 0.15) is 0 Å². The molecule has 0 atom stereocenters. The lowest BCUT2D eigenvalue weighted by atomic mass is 10.4. The number of thioether (sulfide) groups is 1. The number of thiophene rings is 1. The topological polar surface area (TPSA) is 0 Å². The van der Waals surface area contributed by atoms with E-state index >= 15 is 0 Å². The first-order valence-corrected chi connectivity index (χ1v) is 4.61. The van der Waals surface area contributed by atoms with Crippen LogP contribution in [0.5, 0.6) is 0 Å². The van der Waals surface area contributed by atoms with Gasteiger partial charge < -0.3 is 0 Å². The first kappa shape index (κ1) is 5.57. The molecule has 0 saturated heterocycles. The van der Waals surface area contributed by atoms with Gasteiger partial charge >= 0.3 is 0 Å². The Labute approximate surface area is 61.9 Å². The second-order valence-electron chi connectivity index (χ2n) is 1.84. The monoisotopic (exact) mass is 153 g/mol. The molecule has 0 bridgehead atoms. The maximum atomic E-state index is 3.11. The summed E-state index contributed by atoms with van der Waals surface area (Å²) < 4.78 is 1.37. The molecule has 9 heavy (non-hydrogen) atoms. The summed E-state index contributed by atoms with van der Waals surface area (Å²) in [4.78, 5) is 0. The van der Waals surface area contributed by atoms with Gasteiger partial charge in [-0.2, -0.15) is 0 Å². The van der Waals surface area contributed by atoms with Gasteiger partial charge in [-0.15, -0.1) is 23.1 Å². The van der Waals surface area contributed by atoms with Crippen molar-refractivity contribution in [2.75, 3.05) is 5.75 Å². The average Bonchev–Trinajstić information content (AvgIpc) is 2.33. The molecule has 0 nitrogen and oxygen atoms in total. The fraction of sp³-hybridized carbons (Fsp3) is 0.143. The van der Waals surface area contributed by atoms with Crippen LogP contribution in [0.25, 0.3) is 11.5 Å². The third-order valence-electron chi connectivity index (χ3n) is 1.26. The lowest BCUT2D eigenvalue weighted by Gasteiger charge is -1.90. The Balaban J connectivity index is 2.89. The van der Waals surface area contributed by atoms with Crippen molar-refractivity contribution in [2.24, 2.45) is 0 Å². The Kier molecular flexibility index (Phi) is 1.36. The Bertz CT molecular complexity index is 277. The van der Waals surface area contributed by atoms with Crippen molar-refractivity contribution in [3.63, 3.8) is 0 Å². The van der Waals surface area contributed by atoms with E-state index in [1.807, 2.05) is 11.8 Å². The number of fused-ring (bicyclic) bond motifs is 1. The Morgan fingerprint density at radius 1 is 1.56 bits per heavy atom. The van der Waals surface area contributed by atoms with Crippen LogP contribution < -0.4 is 9.75 Å². The van der Waals surface area contributed by atoms with Gasteiger partial charge in [0.05, 0.1) is 0 Å². The smallest absolute Gasteiger partial charge is 0.0455 e. The fourth-order valence-electron chi connectivity index (χ4n) is 0.800. The third kappa shape index (κ3) is 0.926. The zero-order chi connectivity index (χ0) is 6.10. The Morgan fingerprint density at radius 3 is 3.44 bits per heavy atom.